The number of fused-ring (bicyclic) bond motifs is 2. The van der Waals surface area contributed by atoms with Gasteiger partial charge < -0.3 is 9.84 Å². The van der Waals surface area contributed by atoms with Gasteiger partial charge in [-0.2, -0.15) is 0 Å². The van der Waals surface area contributed by atoms with Gasteiger partial charge in [-0.25, -0.2) is 0 Å². The first kappa shape index (κ1) is 12.7. The van der Waals surface area contributed by atoms with E-state index >= 15 is 0 Å². The van der Waals surface area contributed by atoms with Crippen molar-refractivity contribution in [2.75, 3.05) is 6.61 Å². The van der Waals surface area contributed by atoms with Crippen LogP contribution in [0, 0.1) is 0 Å². The van der Waals surface area contributed by atoms with Crippen molar-refractivity contribution in [3.8, 4) is 11.5 Å². The van der Waals surface area contributed by atoms with Crippen LogP contribution in [0.15, 0.2) is 48.5 Å². The van der Waals surface area contributed by atoms with Gasteiger partial charge in [0.25, 0.3) is 0 Å². The number of hydrogen-bond acceptors (Lipinski definition) is 2. The Morgan fingerprint density at radius 3 is 1.83 bits per heavy atom. The molecule has 0 atom stereocenters. The van der Waals surface area contributed by atoms with Crippen molar-refractivity contribution in [3.63, 3.8) is 0 Å². The average molecular weight is 242 g/mol. The van der Waals surface area contributed by atoms with Gasteiger partial charge in [-0.05, 0) is 29.7 Å². The fraction of sp³-hybridized carbons (Fsp3) is 0.250. The largest absolute Gasteiger partial charge is 0.457 e. The van der Waals surface area contributed by atoms with Crippen molar-refractivity contribution in [3.05, 3.63) is 59.7 Å². The Kier molecular flexibility index (Phi) is 4.37. The minimum absolute atomic E-state index is 0.319. The van der Waals surface area contributed by atoms with E-state index in [4.69, 9.17) is 9.84 Å². The second-order valence-corrected chi connectivity index (χ2v) is 4.22. The number of benzene rings is 2. The quantitative estimate of drug-likeness (QED) is 0.703. The number of rotatable bonds is 1. The maximum atomic E-state index is 7.88. The molecule has 18 heavy (non-hydrogen) atoms. The van der Waals surface area contributed by atoms with Gasteiger partial charge in [0.15, 0.2) is 0 Å². The molecule has 0 radical (unpaired) electrons. The monoisotopic (exact) mass is 242 g/mol. The smallest absolute Gasteiger partial charge is 0.130 e. The standard InChI is InChI=1S/C13H10O.C3H8O/c1-3-7-12-10(5-1)9-11-6-2-4-8-13(11)14-12;1-2-3-4/h1-8H,9H2;4H,2-3H2,1H3. The predicted octanol–water partition coefficient (Wildman–Crippen LogP) is 3.77. The van der Waals surface area contributed by atoms with Crippen LogP contribution >= 0.6 is 0 Å². The molecule has 1 aliphatic rings. The van der Waals surface area contributed by atoms with E-state index in [0.29, 0.717) is 6.61 Å². The summed E-state index contributed by atoms with van der Waals surface area (Å²) >= 11 is 0. The van der Waals surface area contributed by atoms with Gasteiger partial charge >= 0.3 is 0 Å². The maximum absolute atomic E-state index is 7.88. The third-order valence-electron chi connectivity index (χ3n) is 2.77. The van der Waals surface area contributed by atoms with Crippen LogP contribution in [0.3, 0.4) is 0 Å². The van der Waals surface area contributed by atoms with Crippen molar-refractivity contribution < 1.29 is 9.84 Å². The molecule has 0 saturated heterocycles. The highest BCUT2D eigenvalue weighted by Crippen LogP contribution is 2.35. The molecule has 2 aromatic rings. The molecule has 1 aliphatic heterocycles. The first-order chi connectivity index (χ1) is 8.85. The van der Waals surface area contributed by atoms with Crippen LogP contribution in [-0.4, -0.2) is 11.7 Å². The Morgan fingerprint density at radius 1 is 0.944 bits per heavy atom. The molecule has 0 fully saturated rings. The van der Waals surface area contributed by atoms with Crippen molar-refractivity contribution >= 4 is 0 Å². The molecule has 0 aliphatic carbocycles. The first-order valence-electron chi connectivity index (χ1n) is 6.29. The van der Waals surface area contributed by atoms with E-state index in [1.807, 2.05) is 31.2 Å². The molecular weight excluding hydrogens is 224 g/mol. The molecule has 1 heterocycles. The van der Waals surface area contributed by atoms with Gasteiger partial charge in [0.05, 0.1) is 0 Å². The summed E-state index contributed by atoms with van der Waals surface area (Å²) in [5, 5.41) is 7.88. The van der Waals surface area contributed by atoms with Crippen LogP contribution in [-0.2, 0) is 6.42 Å². The molecule has 94 valence electrons. The molecule has 3 rings (SSSR count). The number of para-hydroxylation sites is 2. The van der Waals surface area contributed by atoms with E-state index in [1.54, 1.807) is 0 Å². The van der Waals surface area contributed by atoms with Crippen molar-refractivity contribution in [1.29, 1.82) is 0 Å². The lowest BCUT2D eigenvalue weighted by Crippen LogP contribution is -2.01. The third-order valence-corrected chi connectivity index (χ3v) is 2.77. The highest BCUT2D eigenvalue weighted by molar-refractivity contribution is 5.49. The lowest BCUT2D eigenvalue weighted by molar-refractivity contribution is 0.295. The summed E-state index contributed by atoms with van der Waals surface area (Å²) in [7, 11) is 0. The van der Waals surface area contributed by atoms with Crippen LogP contribution in [0.2, 0.25) is 0 Å². The van der Waals surface area contributed by atoms with E-state index in [9.17, 15) is 0 Å². The molecule has 0 aromatic heterocycles. The van der Waals surface area contributed by atoms with Crippen LogP contribution in [0.4, 0.5) is 0 Å². The Bertz CT molecular complexity index is 416. The highest BCUT2D eigenvalue weighted by Gasteiger charge is 2.14. The molecule has 0 unspecified atom stereocenters. The van der Waals surface area contributed by atoms with E-state index in [2.05, 4.69) is 24.3 Å². The van der Waals surface area contributed by atoms with Gasteiger partial charge in [-0.1, -0.05) is 43.3 Å². The van der Waals surface area contributed by atoms with E-state index in [-0.39, 0.29) is 0 Å². The van der Waals surface area contributed by atoms with E-state index in [0.717, 1.165) is 24.3 Å². The van der Waals surface area contributed by atoms with E-state index < -0.39 is 0 Å². The van der Waals surface area contributed by atoms with Gasteiger partial charge in [0.1, 0.15) is 11.5 Å². The Balaban J connectivity index is 0.000000267. The molecule has 2 heteroatoms. The average Bonchev–Trinajstić information content (AvgIpc) is 2.45. The fourth-order valence-electron chi connectivity index (χ4n) is 1.82. The van der Waals surface area contributed by atoms with Crippen molar-refractivity contribution in [2.45, 2.75) is 19.8 Å². The van der Waals surface area contributed by atoms with Gasteiger partial charge in [-0.3, -0.25) is 0 Å². The Morgan fingerprint density at radius 2 is 1.39 bits per heavy atom. The summed E-state index contributed by atoms with van der Waals surface area (Å²) in [4.78, 5) is 0. The SMILES string of the molecule is CCCO.c1ccc2c(c1)Cc1ccccc1O2. The van der Waals surface area contributed by atoms with Crippen molar-refractivity contribution in [1.82, 2.24) is 0 Å². The lowest BCUT2D eigenvalue weighted by atomic mass is 10.0. The van der Waals surface area contributed by atoms with Crippen LogP contribution in [0.5, 0.6) is 11.5 Å². The van der Waals surface area contributed by atoms with Gasteiger partial charge in [0.2, 0.25) is 0 Å². The predicted molar refractivity (Wildman–Crippen MR) is 73.1 cm³/mol. The zero-order valence-electron chi connectivity index (χ0n) is 10.6. The second kappa shape index (κ2) is 6.22. The number of aliphatic hydroxyl groups is 1. The molecule has 0 bridgehead atoms. The summed E-state index contributed by atoms with van der Waals surface area (Å²) in [6.07, 6.45) is 1.85. The molecule has 0 spiro atoms. The summed E-state index contributed by atoms with van der Waals surface area (Å²) in [6, 6.07) is 16.4. The second-order valence-electron chi connectivity index (χ2n) is 4.22. The minimum Gasteiger partial charge on any atom is -0.457 e. The fourth-order valence-corrected chi connectivity index (χ4v) is 1.82. The molecule has 2 nitrogen and oxygen atoms in total. The van der Waals surface area contributed by atoms with Crippen LogP contribution < -0.4 is 4.74 Å². The third kappa shape index (κ3) is 2.90. The van der Waals surface area contributed by atoms with Gasteiger partial charge in [0, 0.05) is 13.0 Å². The van der Waals surface area contributed by atoms with Gasteiger partial charge in [-0.15, -0.1) is 0 Å². The summed E-state index contributed by atoms with van der Waals surface area (Å²) < 4.78 is 5.78. The molecule has 0 amide bonds. The normalized spacial score (nSPS) is 11.4. The molecule has 0 saturated carbocycles. The van der Waals surface area contributed by atoms with Crippen LogP contribution in [0.25, 0.3) is 0 Å². The summed E-state index contributed by atoms with van der Waals surface area (Å²) in [5.74, 6) is 1.98. The Labute approximate surface area is 108 Å². The van der Waals surface area contributed by atoms with E-state index in [1.165, 1.54) is 11.1 Å². The minimum atomic E-state index is 0.319. The lowest BCUT2D eigenvalue weighted by Gasteiger charge is -2.19. The summed E-state index contributed by atoms with van der Waals surface area (Å²) in [5.41, 5.74) is 2.54. The number of aliphatic hydroxyl groups excluding tert-OH is 1. The molecule has 1 N–H and O–H groups in total. The number of hydrogen-bond donors (Lipinski definition) is 1. The number of ether oxygens (including phenoxy) is 1. The maximum Gasteiger partial charge on any atom is 0.130 e. The molecule has 2 aromatic carbocycles. The zero-order chi connectivity index (χ0) is 12.8. The first-order valence-corrected chi connectivity index (χ1v) is 6.29. The van der Waals surface area contributed by atoms with Crippen molar-refractivity contribution in [2.24, 2.45) is 0 Å². The Hall–Kier alpha value is -1.80. The topological polar surface area (TPSA) is 29.5 Å². The zero-order valence-corrected chi connectivity index (χ0v) is 10.6. The summed E-state index contributed by atoms with van der Waals surface area (Å²) in [6.45, 7) is 2.25. The molecular formula is C16H18O2. The highest BCUT2D eigenvalue weighted by atomic mass is 16.5. The van der Waals surface area contributed by atoms with Crippen LogP contribution in [0.1, 0.15) is 24.5 Å².